The fourth-order valence-corrected chi connectivity index (χ4v) is 1.12. The molecule has 0 aliphatic heterocycles. The Morgan fingerprint density at radius 1 is 1.25 bits per heavy atom. The maximum atomic E-state index is 5.32. The summed E-state index contributed by atoms with van der Waals surface area (Å²) in [6.07, 6.45) is 5.11. The predicted molar refractivity (Wildman–Crippen MR) is 47.3 cm³/mol. The molecular formula is C8H8N4. The number of hydrogen-bond donors (Lipinski definition) is 2. The highest BCUT2D eigenvalue weighted by atomic mass is 15.2. The summed E-state index contributed by atoms with van der Waals surface area (Å²) in [6.45, 7) is 0. The van der Waals surface area contributed by atoms with Crippen molar-refractivity contribution < 1.29 is 0 Å². The van der Waals surface area contributed by atoms with Gasteiger partial charge in [0.2, 0.25) is 0 Å². The number of pyridine rings is 2. The molecule has 4 heteroatoms. The SMILES string of the molecule is NNc1ccnc2cnccc12. The molecule has 0 aliphatic rings. The van der Waals surface area contributed by atoms with Gasteiger partial charge >= 0.3 is 0 Å². The highest BCUT2D eigenvalue weighted by Gasteiger charge is 1.97. The van der Waals surface area contributed by atoms with Crippen molar-refractivity contribution in [2.24, 2.45) is 5.84 Å². The first-order valence-electron chi connectivity index (χ1n) is 3.57. The van der Waals surface area contributed by atoms with Crippen molar-refractivity contribution in [3.05, 3.63) is 30.7 Å². The second-order valence-electron chi connectivity index (χ2n) is 2.40. The van der Waals surface area contributed by atoms with Crippen molar-refractivity contribution in [2.45, 2.75) is 0 Å². The molecule has 2 aromatic rings. The van der Waals surface area contributed by atoms with Gasteiger partial charge in [0.15, 0.2) is 0 Å². The van der Waals surface area contributed by atoms with Gasteiger partial charge < -0.3 is 5.43 Å². The molecule has 0 fully saturated rings. The van der Waals surface area contributed by atoms with Gasteiger partial charge in [0.25, 0.3) is 0 Å². The third-order valence-electron chi connectivity index (χ3n) is 1.70. The smallest absolute Gasteiger partial charge is 0.0906 e. The summed E-state index contributed by atoms with van der Waals surface area (Å²) in [5.74, 6) is 5.32. The lowest BCUT2D eigenvalue weighted by molar-refractivity contribution is 1.29. The van der Waals surface area contributed by atoms with Crippen LogP contribution >= 0.6 is 0 Å². The zero-order valence-electron chi connectivity index (χ0n) is 6.36. The van der Waals surface area contributed by atoms with Crippen molar-refractivity contribution in [1.82, 2.24) is 9.97 Å². The maximum Gasteiger partial charge on any atom is 0.0906 e. The molecule has 0 unspecified atom stereocenters. The van der Waals surface area contributed by atoms with Crippen LogP contribution in [-0.4, -0.2) is 9.97 Å². The second kappa shape index (κ2) is 2.75. The van der Waals surface area contributed by atoms with E-state index in [1.165, 1.54) is 0 Å². The van der Waals surface area contributed by atoms with E-state index in [4.69, 9.17) is 5.84 Å². The van der Waals surface area contributed by atoms with Crippen molar-refractivity contribution in [3.63, 3.8) is 0 Å². The minimum atomic E-state index is 0.841. The summed E-state index contributed by atoms with van der Waals surface area (Å²) in [5, 5.41) is 0.981. The Balaban J connectivity index is 2.79. The van der Waals surface area contributed by atoms with E-state index in [9.17, 15) is 0 Å². The molecule has 2 heterocycles. The van der Waals surface area contributed by atoms with Crippen LogP contribution in [0.15, 0.2) is 30.7 Å². The quantitative estimate of drug-likeness (QED) is 0.481. The normalized spacial score (nSPS) is 10.1. The molecule has 2 rings (SSSR count). The predicted octanol–water partition coefficient (Wildman–Crippen LogP) is 0.915. The monoisotopic (exact) mass is 160 g/mol. The van der Waals surface area contributed by atoms with E-state index in [0.29, 0.717) is 0 Å². The van der Waals surface area contributed by atoms with Crippen LogP contribution in [0.2, 0.25) is 0 Å². The van der Waals surface area contributed by atoms with Gasteiger partial charge in [0.05, 0.1) is 17.4 Å². The number of hydrazine groups is 1. The van der Waals surface area contributed by atoms with E-state index in [2.05, 4.69) is 15.4 Å². The molecule has 0 saturated carbocycles. The van der Waals surface area contributed by atoms with Gasteiger partial charge in [0.1, 0.15) is 0 Å². The van der Waals surface area contributed by atoms with Crippen LogP contribution in [0.1, 0.15) is 0 Å². The highest BCUT2D eigenvalue weighted by molar-refractivity contribution is 5.89. The lowest BCUT2D eigenvalue weighted by Gasteiger charge is -2.02. The van der Waals surface area contributed by atoms with Gasteiger partial charge in [-0.05, 0) is 12.1 Å². The fourth-order valence-electron chi connectivity index (χ4n) is 1.12. The standard InChI is InChI=1S/C8H8N4/c9-12-7-2-4-11-8-5-10-3-1-6(7)8/h1-5H,9H2,(H,11,12). The lowest BCUT2D eigenvalue weighted by Crippen LogP contribution is -2.07. The Hall–Kier alpha value is -1.68. The zero-order chi connectivity index (χ0) is 8.39. The van der Waals surface area contributed by atoms with Crippen LogP contribution in [0.5, 0.6) is 0 Å². The third-order valence-corrected chi connectivity index (χ3v) is 1.70. The molecule has 2 aromatic heterocycles. The molecule has 0 amide bonds. The number of rotatable bonds is 1. The van der Waals surface area contributed by atoms with Crippen molar-refractivity contribution in [2.75, 3.05) is 5.43 Å². The van der Waals surface area contributed by atoms with Gasteiger partial charge in [-0.1, -0.05) is 0 Å². The minimum Gasteiger partial charge on any atom is -0.323 e. The van der Waals surface area contributed by atoms with Crippen LogP contribution in [0.3, 0.4) is 0 Å². The Bertz CT molecular complexity index is 394. The van der Waals surface area contributed by atoms with Gasteiger partial charge in [0, 0.05) is 17.8 Å². The average Bonchev–Trinajstić information content (AvgIpc) is 2.17. The Morgan fingerprint density at radius 3 is 3.00 bits per heavy atom. The van der Waals surface area contributed by atoms with Crippen LogP contribution in [0.4, 0.5) is 5.69 Å². The minimum absolute atomic E-state index is 0.841. The van der Waals surface area contributed by atoms with Crippen LogP contribution in [-0.2, 0) is 0 Å². The number of nitrogen functional groups attached to an aromatic ring is 1. The largest absolute Gasteiger partial charge is 0.323 e. The molecule has 3 N–H and O–H groups in total. The van der Waals surface area contributed by atoms with E-state index >= 15 is 0 Å². The Morgan fingerprint density at radius 2 is 2.17 bits per heavy atom. The number of anilines is 1. The van der Waals surface area contributed by atoms with Crippen molar-refractivity contribution in [3.8, 4) is 0 Å². The summed E-state index contributed by atoms with van der Waals surface area (Å²) in [7, 11) is 0. The highest BCUT2D eigenvalue weighted by Crippen LogP contribution is 2.18. The van der Waals surface area contributed by atoms with E-state index in [-0.39, 0.29) is 0 Å². The van der Waals surface area contributed by atoms with E-state index in [1.807, 2.05) is 12.1 Å². The first kappa shape index (κ1) is 7.00. The molecule has 0 saturated heterocycles. The summed E-state index contributed by atoms with van der Waals surface area (Å²) < 4.78 is 0. The molecule has 60 valence electrons. The van der Waals surface area contributed by atoms with Gasteiger partial charge in [-0.3, -0.25) is 15.8 Å². The number of nitrogens with two attached hydrogens (primary N) is 1. The molecule has 0 spiro atoms. The topological polar surface area (TPSA) is 63.8 Å². The van der Waals surface area contributed by atoms with Gasteiger partial charge in [-0.15, -0.1) is 0 Å². The van der Waals surface area contributed by atoms with E-state index in [0.717, 1.165) is 16.6 Å². The van der Waals surface area contributed by atoms with Crippen LogP contribution in [0, 0.1) is 0 Å². The summed E-state index contributed by atoms with van der Waals surface area (Å²) in [5.41, 5.74) is 4.31. The summed E-state index contributed by atoms with van der Waals surface area (Å²) in [6, 6.07) is 3.69. The number of aromatic nitrogens is 2. The van der Waals surface area contributed by atoms with E-state index < -0.39 is 0 Å². The van der Waals surface area contributed by atoms with Crippen LogP contribution < -0.4 is 11.3 Å². The van der Waals surface area contributed by atoms with Gasteiger partial charge in [-0.25, -0.2) is 0 Å². The summed E-state index contributed by atoms with van der Waals surface area (Å²) >= 11 is 0. The maximum absolute atomic E-state index is 5.32. The van der Waals surface area contributed by atoms with E-state index in [1.54, 1.807) is 18.6 Å². The molecule has 0 atom stereocenters. The molecule has 0 radical (unpaired) electrons. The summed E-state index contributed by atoms with van der Waals surface area (Å²) in [4.78, 5) is 8.09. The Kier molecular flexibility index (Phi) is 1.60. The lowest BCUT2D eigenvalue weighted by atomic mass is 10.2. The van der Waals surface area contributed by atoms with Crippen LogP contribution in [0.25, 0.3) is 10.9 Å². The third kappa shape index (κ3) is 0.981. The zero-order valence-corrected chi connectivity index (χ0v) is 6.36. The molecule has 4 nitrogen and oxygen atoms in total. The fraction of sp³-hybridized carbons (Fsp3) is 0. The molecule has 0 aromatic carbocycles. The number of nitrogens with one attached hydrogen (secondary N) is 1. The van der Waals surface area contributed by atoms with Gasteiger partial charge in [-0.2, -0.15) is 0 Å². The molecular weight excluding hydrogens is 152 g/mol. The first-order valence-corrected chi connectivity index (χ1v) is 3.57. The first-order chi connectivity index (χ1) is 5.92. The molecule has 12 heavy (non-hydrogen) atoms. The number of fused-ring (bicyclic) bond motifs is 1. The van der Waals surface area contributed by atoms with Crippen molar-refractivity contribution >= 4 is 16.6 Å². The number of nitrogens with zero attached hydrogens (tertiary/aromatic N) is 2. The van der Waals surface area contributed by atoms with Crippen molar-refractivity contribution in [1.29, 1.82) is 0 Å². The molecule has 0 bridgehead atoms. The number of hydrogen-bond acceptors (Lipinski definition) is 4. The average molecular weight is 160 g/mol. The Labute approximate surface area is 69.4 Å². The second-order valence-corrected chi connectivity index (χ2v) is 2.40. The molecule has 0 aliphatic carbocycles.